The summed E-state index contributed by atoms with van der Waals surface area (Å²) in [6.07, 6.45) is 5.99. The quantitative estimate of drug-likeness (QED) is 0.754. The fourth-order valence-electron chi connectivity index (χ4n) is 2.03. The van der Waals surface area contributed by atoms with Crippen molar-refractivity contribution in [3.63, 3.8) is 0 Å². The fraction of sp³-hybridized carbons (Fsp3) is 0. The van der Waals surface area contributed by atoms with E-state index in [-0.39, 0.29) is 11.7 Å². The summed E-state index contributed by atoms with van der Waals surface area (Å²) >= 11 is 0. The number of carbonyl (C=O) groups excluding carboxylic acids is 1. The van der Waals surface area contributed by atoms with Crippen molar-refractivity contribution >= 4 is 17.7 Å². The van der Waals surface area contributed by atoms with Crippen LogP contribution in [0.4, 0.5) is 10.1 Å². The van der Waals surface area contributed by atoms with Gasteiger partial charge in [0.25, 0.3) is 0 Å². The normalized spacial score (nSPS) is 10.8. The average Bonchev–Trinajstić information content (AvgIpc) is 3.09. The van der Waals surface area contributed by atoms with E-state index >= 15 is 0 Å². The number of para-hydroxylation sites is 2. The van der Waals surface area contributed by atoms with Crippen LogP contribution in [0.3, 0.4) is 0 Å². The van der Waals surface area contributed by atoms with Gasteiger partial charge in [0.1, 0.15) is 18.5 Å². The van der Waals surface area contributed by atoms with Gasteiger partial charge in [-0.15, -0.1) is 0 Å². The molecule has 0 saturated heterocycles. The molecule has 1 aromatic heterocycles. The third-order valence-corrected chi connectivity index (χ3v) is 3.12. The van der Waals surface area contributed by atoms with Gasteiger partial charge in [-0.2, -0.15) is 5.10 Å². The highest BCUT2D eigenvalue weighted by atomic mass is 19.1. The number of rotatable bonds is 4. The topological polar surface area (TPSA) is 59.8 Å². The molecule has 1 N–H and O–H groups in total. The zero-order chi connectivity index (χ0) is 16.1. The molecule has 1 amide bonds. The van der Waals surface area contributed by atoms with E-state index < -0.39 is 0 Å². The van der Waals surface area contributed by atoms with Crippen molar-refractivity contribution in [2.24, 2.45) is 0 Å². The van der Waals surface area contributed by atoms with E-state index in [0.29, 0.717) is 11.4 Å². The van der Waals surface area contributed by atoms with E-state index in [1.54, 1.807) is 35.3 Å². The van der Waals surface area contributed by atoms with Gasteiger partial charge < -0.3 is 5.32 Å². The molecule has 0 radical (unpaired) electrons. The van der Waals surface area contributed by atoms with E-state index in [0.717, 1.165) is 5.56 Å². The molecule has 3 aromatic rings. The van der Waals surface area contributed by atoms with Gasteiger partial charge in [0, 0.05) is 6.08 Å². The Morgan fingerprint density at radius 2 is 1.91 bits per heavy atom. The largest absolute Gasteiger partial charge is 0.321 e. The molecular weight excluding hydrogens is 295 g/mol. The van der Waals surface area contributed by atoms with Crippen LogP contribution in [0.25, 0.3) is 11.8 Å². The second kappa shape index (κ2) is 6.65. The summed E-state index contributed by atoms with van der Waals surface area (Å²) in [5.41, 5.74) is 2.08. The summed E-state index contributed by atoms with van der Waals surface area (Å²) in [4.78, 5) is 16.0. The van der Waals surface area contributed by atoms with Gasteiger partial charge in [-0.05, 0) is 35.9 Å². The Bertz CT molecular complexity index is 826. The standard InChI is InChI=1S/C17H13FN4O/c18-14-8-5-13(6-9-14)7-10-17(23)21-15-3-1-2-4-16(15)22-12-19-11-20-22/h1-12H,(H,21,23)/b10-7+. The van der Waals surface area contributed by atoms with Crippen LogP contribution in [0.2, 0.25) is 0 Å². The summed E-state index contributed by atoms with van der Waals surface area (Å²) in [7, 11) is 0. The molecule has 1 heterocycles. The van der Waals surface area contributed by atoms with Crippen LogP contribution < -0.4 is 5.32 Å². The van der Waals surface area contributed by atoms with Crippen molar-refractivity contribution in [2.45, 2.75) is 0 Å². The van der Waals surface area contributed by atoms with Crippen molar-refractivity contribution in [1.29, 1.82) is 0 Å². The third kappa shape index (κ3) is 3.68. The predicted molar refractivity (Wildman–Crippen MR) is 85.4 cm³/mol. The van der Waals surface area contributed by atoms with Gasteiger partial charge in [0.2, 0.25) is 5.91 Å². The maximum Gasteiger partial charge on any atom is 0.248 e. The van der Waals surface area contributed by atoms with Crippen LogP contribution in [-0.2, 0) is 4.79 Å². The number of carbonyl (C=O) groups is 1. The monoisotopic (exact) mass is 308 g/mol. The van der Waals surface area contributed by atoms with Gasteiger partial charge in [0.05, 0.1) is 11.4 Å². The maximum atomic E-state index is 12.8. The lowest BCUT2D eigenvalue weighted by Gasteiger charge is -2.08. The molecule has 0 spiro atoms. The molecule has 0 aliphatic heterocycles. The Hall–Kier alpha value is -3.28. The van der Waals surface area contributed by atoms with Crippen LogP contribution in [0.15, 0.2) is 67.3 Å². The molecule has 0 fully saturated rings. The van der Waals surface area contributed by atoms with Crippen LogP contribution in [-0.4, -0.2) is 20.7 Å². The molecule has 3 rings (SSSR count). The van der Waals surface area contributed by atoms with Crippen molar-refractivity contribution in [2.75, 3.05) is 5.32 Å². The van der Waals surface area contributed by atoms with Crippen molar-refractivity contribution in [1.82, 2.24) is 14.8 Å². The Morgan fingerprint density at radius 1 is 1.13 bits per heavy atom. The summed E-state index contributed by atoms with van der Waals surface area (Å²) in [5.74, 6) is -0.602. The first-order valence-corrected chi connectivity index (χ1v) is 6.91. The molecule has 23 heavy (non-hydrogen) atoms. The summed E-state index contributed by atoms with van der Waals surface area (Å²) in [6.45, 7) is 0. The molecule has 5 nitrogen and oxygen atoms in total. The molecule has 0 bridgehead atoms. The number of nitrogens with zero attached hydrogens (tertiary/aromatic N) is 3. The number of halogens is 1. The highest BCUT2D eigenvalue weighted by Crippen LogP contribution is 2.18. The van der Waals surface area contributed by atoms with Gasteiger partial charge in [-0.3, -0.25) is 4.79 Å². The lowest BCUT2D eigenvalue weighted by molar-refractivity contribution is -0.111. The Kier molecular flexibility index (Phi) is 4.24. The fourth-order valence-corrected chi connectivity index (χ4v) is 2.03. The number of amides is 1. The molecule has 0 unspecified atom stereocenters. The molecule has 6 heteroatoms. The smallest absolute Gasteiger partial charge is 0.248 e. The minimum atomic E-state index is -0.312. The minimum Gasteiger partial charge on any atom is -0.321 e. The first-order chi connectivity index (χ1) is 11.2. The summed E-state index contributed by atoms with van der Waals surface area (Å²) in [6, 6.07) is 13.2. The molecular formula is C17H13FN4O. The number of anilines is 1. The van der Waals surface area contributed by atoms with E-state index in [4.69, 9.17) is 0 Å². The van der Waals surface area contributed by atoms with E-state index in [9.17, 15) is 9.18 Å². The predicted octanol–water partition coefficient (Wildman–Crippen LogP) is 3.06. The third-order valence-electron chi connectivity index (χ3n) is 3.12. The SMILES string of the molecule is O=C(/C=C/c1ccc(F)cc1)Nc1ccccc1-n1cncn1. The Balaban J connectivity index is 1.75. The van der Waals surface area contributed by atoms with Crippen LogP contribution in [0.1, 0.15) is 5.56 Å². The van der Waals surface area contributed by atoms with Crippen molar-refractivity contribution in [3.8, 4) is 5.69 Å². The minimum absolute atomic E-state index is 0.290. The lowest BCUT2D eigenvalue weighted by atomic mass is 10.2. The second-order valence-electron chi connectivity index (χ2n) is 4.73. The number of benzene rings is 2. The Labute approximate surface area is 132 Å². The average molecular weight is 308 g/mol. The summed E-state index contributed by atoms with van der Waals surface area (Å²) < 4.78 is 14.4. The summed E-state index contributed by atoms with van der Waals surface area (Å²) in [5, 5.41) is 6.85. The van der Waals surface area contributed by atoms with E-state index in [2.05, 4.69) is 15.4 Å². The molecule has 2 aromatic carbocycles. The Morgan fingerprint density at radius 3 is 2.65 bits per heavy atom. The lowest BCUT2D eigenvalue weighted by Crippen LogP contribution is -2.10. The van der Waals surface area contributed by atoms with E-state index in [1.165, 1.54) is 24.5 Å². The first-order valence-electron chi connectivity index (χ1n) is 6.91. The number of nitrogens with one attached hydrogen (secondary N) is 1. The van der Waals surface area contributed by atoms with Crippen LogP contribution in [0.5, 0.6) is 0 Å². The number of hydrogen-bond acceptors (Lipinski definition) is 3. The number of hydrogen-bond donors (Lipinski definition) is 1. The van der Waals surface area contributed by atoms with Gasteiger partial charge in [0.15, 0.2) is 0 Å². The van der Waals surface area contributed by atoms with Gasteiger partial charge in [-0.1, -0.05) is 24.3 Å². The van der Waals surface area contributed by atoms with Crippen molar-refractivity contribution < 1.29 is 9.18 Å². The van der Waals surface area contributed by atoms with Gasteiger partial charge in [-0.25, -0.2) is 14.1 Å². The molecule has 0 saturated carbocycles. The zero-order valence-corrected chi connectivity index (χ0v) is 12.1. The van der Waals surface area contributed by atoms with E-state index in [1.807, 2.05) is 18.2 Å². The highest BCUT2D eigenvalue weighted by Gasteiger charge is 2.06. The second-order valence-corrected chi connectivity index (χ2v) is 4.73. The zero-order valence-electron chi connectivity index (χ0n) is 12.1. The first kappa shape index (κ1) is 14.6. The van der Waals surface area contributed by atoms with Gasteiger partial charge >= 0.3 is 0 Å². The number of aromatic nitrogens is 3. The maximum absolute atomic E-state index is 12.8. The molecule has 0 atom stereocenters. The van der Waals surface area contributed by atoms with Crippen LogP contribution in [0, 0.1) is 5.82 Å². The molecule has 0 aliphatic carbocycles. The van der Waals surface area contributed by atoms with Crippen LogP contribution >= 0.6 is 0 Å². The highest BCUT2D eigenvalue weighted by molar-refractivity contribution is 6.03. The molecule has 114 valence electrons. The molecule has 0 aliphatic rings. The van der Waals surface area contributed by atoms with Crippen molar-refractivity contribution in [3.05, 3.63) is 78.6 Å².